The Hall–Kier alpha value is -1.09. The molecule has 0 atom stereocenters. The third-order valence-electron chi connectivity index (χ3n) is 1.92. The van der Waals surface area contributed by atoms with Gasteiger partial charge in [-0.05, 0) is 12.0 Å². The predicted molar refractivity (Wildman–Crippen MR) is 55.0 cm³/mol. The van der Waals surface area contributed by atoms with E-state index in [0.717, 1.165) is 0 Å². The summed E-state index contributed by atoms with van der Waals surface area (Å²) in [5, 5.41) is 0. The Morgan fingerprint density at radius 3 is 2.31 bits per heavy atom. The van der Waals surface area contributed by atoms with Crippen LogP contribution in [0.5, 0.6) is 0 Å². The maximum Gasteiger partial charge on any atom is 0.182 e. The Labute approximate surface area is 78.9 Å². The highest BCUT2D eigenvalue weighted by Crippen LogP contribution is 2.28. The Balaban J connectivity index is 3.40. The Bertz CT molecular complexity index is 397. The van der Waals surface area contributed by atoms with Crippen molar-refractivity contribution in [2.24, 2.45) is 0 Å². The molecular weight excluding hydrogens is 184 g/mol. The van der Waals surface area contributed by atoms with E-state index in [9.17, 15) is 8.42 Å². The average Bonchev–Trinajstić information content (AvgIpc) is 2.01. The lowest BCUT2D eigenvalue weighted by Crippen LogP contribution is -2.16. The van der Waals surface area contributed by atoms with Crippen molar-refractivity contribution < 1.29 is 8.42 Å². The molecule has 1 rings (SSSR count). The quantitative estimate of drug-likeness (QED) is 0.633. The molecule has 3 heteroatoms. The van der Waals surface area contributed by atoms with Gasteiger partial charge in [-0.25, -0.2) is 8.42 Å². The third-order valence-corrected chi connectivity index (χ3v) is 3.81. The fourth-order valence-electron chi connectivity index (χ4n) is 1.38. The molecule has 0 amide bonds. The molecule has 0 spiro atoms. The summed E-state index contributed by atoms with van der Waals surface area (Å²) in [4.78, 5) is 0.301. The largest absolute Gasteiger partial charge is 0.223 e. The molecule has 0 saturated heterocycles. The number of allylic oxidation sites excluding steroid dienone is 3. The lowest BCUT2D eigenvalue weighted by atomic mass is 10.1. The van der Waals surface area contributed by atoms with Crippen LogP contribution in [-0.2, 0) is 9.84 Å². The zero-order chi connectivity index (χ0) is 10.1. The van der Waals surface area contributed by atoms with Gasteiger partial charge in [0.1, 0.15) is 0 Å². The van der Waals surface area contributed by atoms with E-state index in [1.54, 1.807) is 6.08 Å². The molecule has 70 valence electrons. The second-order valence-corrected chi connectivity index (χ2v) is 4.94. The average molecular weight is 196 g/mol. The first-order valence-corrected chi connectivity index (χ1v) is 5.54. The molecule has 0 aromatic carbocycles. The van der Waals surface area contributed by atoms with Crippen molar-refractivity contribution in [1.29, 1.82) is 0 Å². The van der Waals surface area contributed by atoms with Gasteiger partial charge in [-0.3, -0.25) is 0 Å². The standard InChI is InChI=1S/C10H12O2S/c1-4-9-6-8(3)7-13(11,12)10(9)5-2/h4-5H,1-3,6-7H2. The zero-order valence-electron chi connectivity index (χ0n) is 7.41. The van der Waals surface area contributed by atoms with E-state index in [0.29, 0.717) is 22.5 Å². The molecule has 0 unspecified atom stereocenters. The van der Waals surface area contributed by atoms with E-state index in [1.807, 2.05) is 0 Å². The van der Waals surface area contributed by atoms with Crippen LogP contribution in [0.2, 0.25) is 0 Å². The minimum absolute atomic E-state index is 0.0334. The topological polar surface area (TPSA) is 34.1 Å². The Kier molecular flexibility index (Phi) is 2.57. The second kappa shape index (κ2) is 3.34. The minimum Gasteiger partial charge on any atom is -0.223 e. The number of sulfone groups is 1. The maximum absolute atomic E-state index is 11.6. The van der Waals surface area contributed by atoms with Crippen LogP contribution in [0, 0.1) is 0 Å². The molecule has 2 nitrogen and oxygen atoms in total. The first-order chi connectivity index (χ1) is 6.01. The molecule has 13 heavy (non-hydrogen) atoms. The van der Waals surface area contributed by atoms with Gasteiger partial charge in [0.05, 0.1) is 10.7 Å². The van der Waals surface area contributed by atoms with Crippen LogP contribution in [0.4, 0.5) is 0 Å². The SMILES string of the molecule is C=CC1=C(C=C)S(=O)(=O)CC(=C)C1. The van der Waals surface area contributed by atoms with E-state index in [1.165, 1.54) is 6.08 Å². The molecule has 0 aromatic heterocycles. The van der Waals surface area contributed by atoms with Gasteiger partial charge in [-0.1, -0.05) is 37.5 Å². The molecule has 1 heterocycles. The van der Waals surface area contributed by atoms with Crippen molar-refractivity contribution in [2.45, 2.75) is 6.42 Å². The van der Waals surface area contributed by atoms with Crippen molar-refractivity contribution >= 4 is 9.84 Å². The highest BCUT2D eigenvalue weighted by atomic mass is 32.2. The third kappa shape index (κ3) is 1.80. The van der Waals surface area contributed by atoms with E-state index in [4.69, 9.17) is 0 Å². The van der Waals surface area contributed by atoms with Crippen LogP contribution in [0.25, 0.3) is 0 Å². The summed E-state index contributed by atoms with van der Waals surface area (Å²) in [6, 6.07) is 0. The second-order valence-electron chi connectivity index (χ2n) is 2.98. The first-order valence-electron chi connectivity index (χ1n) is 3.88. The molecule has 1 aliphatic rings. The lowest BCUT2D eigenvalue weighted by Gasteiger charge is -2.17. The normalized spacial score (nSPS) is 21.4. The molecule has 0 saturated carbocycles. The first kappa shape index (κ1) is 9.99. The van der Waals surface area contributed by atoms with E-state index in [-0.39, 0.29) is 5.75 Å². The van der Waals surface area contributed by atoms with Gasteiger partial charge in [-0.15, -0.1) is 0 Å². The van der Waals surface area contributed by atoms with Crippen LogP contribution in [-0.4, -0.2) is 14.2 Å². The number of hydrogen-bond acceptors (Lipinski definition) is 2. The van der Waals surface area contributed by atoms with Gasteiger partial charge >= 0.3 is 0 Å². The van der Waals surface area contributed by atoms with Crippen molar-refractivity contribution in [3.8, 4) is 0 Å². The van der Waals surface area contributed by atoms with Gasteiger partial charge in [0.15, 0.2) is 9.84 Å². The highest BCUT2D eigenvalue weighted by Gasteiger charge is 2.24. The van der Waals surface area contributed by atoms with Crippen LogP contribution in [0.15, 0.2) is 47.9 Å². The molecular formula is C10H12O2S. The van der Waals surface area contributed by atoms with Crippen LogP contribution >= 0.6 is 0 Å². The molecule has 0 aromatic rings. The number of hydrogen-bond donors (Lipinski definition) is 0. The summed E-state index contributed by atoms with van der Waals surface area (Å²) in [6.45, 7) is 10.7. The van der Waals surface area contributed by atoms with Gasteiger partial charge in [-0.2, -0.15) is 0 Å². The number of rotatable bonds is 2. The lowest BCUT2D eigenvalue weighted by molar-refractivity contribution is 0.603. The van der Waals surface area contributed by atoms with Gasteiger partial charge in [0, 0.05) is 0 Å². The summed E-state index contributed by atoms with van der Waals surface area (Å²) < 4.78 is 23.1. The summed E-state index contributed by atoms with van der Waals surface area (Å²) in [7, 11) is -3.19. The monoisotopic (exact) mass is 196 g/mol. The van der Waals surface area contributed by atoms with Crippen LogP contribution < -0.4 is 0 Å². The molecule has 1 aliphatic heterocycles. The predicted octanol–water partition coefficient (Wildman–Crippen LogP) is 1.99. The zero-order valence-corrected chi connectivity index (χ0v) is 8.23. The van der Waals surface area contributed by atoms with Crippen molar-refractivity contribution in [3.63, 3.8) is 0 Å². The molecule has 0 bridgehead atoms. The molecule has 0 aliphatic carbocycles. The van der Waals surface area contributed by atoms with Gasteiger partial charge in [0.2, 0.25) is 0 Å². The maximum atomic E-state index is 11.6. The Morgan fingerprint density at radius 1 is 1.23 bits per heavy atom. The summed E-state index contributed by atoms with van der Waals surface area (Å²) in [5.41, 5.74) is 1.41. The highest BCUT2D eigenvalue weighted by molar-refractivity contribution is 7.95. The van der Waals surface area contributed by atoms with Crippen LogP contribution in [0.1, 0.15) is 6.42 Å². The van der Waals surface area contributed by atoms with Gasteiger partial charge < -0.3 is 0 Å². The summed E-state index contributed by atoms with van der Waals surface area (Å²) >= 11 is 0. The fraction of sp³-hybridized carbons (Fsp3) is 0.200. The summed E-state index contributed by atoms with van der Waals surface area (Å²) in [6.07, 6.45) is 3.52. The van der Waals surface area contributed by atoms with Crippen LogP contribution in [0.3, 0.4) is 0 Å². The Morgan fingerprint density at radius 2 is 1.85 bits per heavy atom. The van der Waals surface area contributed by atoms with Gasteiger partial charge in [0.25, 0.3) is 0 Å². The minimum atomic E-state index is -3.19. The molecule has 0 N–H and O–H groups in total. The van der Waals surface area contributed by atoms with E-state index >= 15 is 0 Å². The van der Waals surface area contributed by atoms with E-state index in [2.05, 4.69) is 19.7 Å². The fourth-order valence-corrected chi connectivity index (χ4v) is 2.99. The van der Waals surface area contributed by atoms with Crippen molar-refractivity contribution in [3.05, 3.63) is 47.9 Å². The molecule has 0 radical (unpaired) electrons. The smallest absolute Gasteiger partial charge is 0.182 e. The van der Waals surface area contributed by atoms with E-state index < -0.39 is 9.84 Å². The molecule has 0 fully saturated rings. The van der Waals surface area contributed by atoms with Crippen molar-refractivity contribution in [1.82, 2.24) is 0 Å². The summed E-state index contributed by atoms with van der Waals surface area (Å²) in [5.74, 6) is 0.0334. The van der Waals surface area contributed by atoms with Crippen molar-refractivity contribution in [2.75, 3.05) is 5.75 Å².